The van der Waals surface area contributed by atoms with Gasteiger partial charge in [0.2, 0.25) is 0 Å². The Kier molecular flexibility index (Phi) is 4.67. The number of rotatable bonds is 6. The Morgan fingerprint density at radius 2 is 2.14 bits per heavy atom. The van der Waals surface area contributed by atoms with Crippen molar-refractivity contribution in [2.24, 2.45) is 7.05 Å². The topological polar surface area (TPSA) is 63.3 Å². The Hall–Kier alpha value is -2.68. The maximum Gasteiger partial charge on any atom is 0.124 e. The molecule has 1 heterocycles. The van der Waals surface area contributed by atoms with Crippen molar-refractivity contribution in [3.8, 4) is 17.6 Å². The zero-order chi connectivity index (χ0) is 15.2. The minimum Gasteiger partial charge on any atom is -0.497 e. The van der Waals surface area contributed by atoms with Gasteiger partial charge in [-0.3, -0.25) is 4.68 Å². The summed E-state index contributed by atoms with van der Waals surface area (Å²) in [4.78, 5) is 1.93. The predicted molar refractivity (Wildman–Crippen MR) is 79.4 cm³/mol. The van der Waals surface area contributed by atoms with Gasteiger partial charge in [-0.15, -0.1) is 0 Å². The van der Waals surface area contributed by atoms with Gasteiger partial charge in [0.25, 0.3) is 0 Å². The summed E-state index contributed by atoms with van der Waals surface area (Å²) >= 11 is 0. The van der Waals surface area contributed by atoms with Gasteiger partial charge in [-0.2, -0.15) is 10.4 Å². The van der Waals surface area contributed by atoms with E-state index in [1.165, 1.54) is 0 Å². The number of nitriles is 1. The molecule has 0 fully saturated rings. The second-order valence-corrected chi connectivity index (χ2v) is 4.56. The third-order valence-corrected chi connectivity index (χ3v) is 3.17. The monoisotopic (exact) mass is 286 g/mol. The molecule has 6 heteroatoms. The zero-order valence-corrected chi connectivity index (χ0v) is 12.4. The predicted octanol–water partition coefficient (Wildman–Crippen LogP) is 1.97. The molecule has 0 saturated heterocycles. The molecule has 0 spiro atoms. The SMILES string of the molecule is COc1ccc(OC)c(CN(CC#N)c2cnn(C)c2)c1. The van der Waals surface area contributed by atoms with Crippen molar-refractivity contribution in [1.29, 1.82) is 5.26 Å². The van der Waals surface area contributed by atoms with Crippen molar-refractivity contribution in [3.63, 3.8) is 0 Å². The molecule has 0 aliphatic carbocycles. The summed E-state index contributed by atoms with van der Waals surface area (Å²) in [5.74, 6) is 1.52. The highest BCUT2D eigenvalue weighted by atomic mass is 16.5. The van der Waals surface area contributed by atoms with Crippen LogP contribution in [0.15, 0.2) is 30.6 Å². The third kappa shape index (κ3) is 3.45. The van der Waals surface area contributed by atoms with Crippen molar-refractivity contribution >= 4 is 5.69 Å². The first kappa shape index (κ1) is 14.7. The van der Waals surface area contributed by atoms with Gasteiger partial charge in [0.15, 0.2) is 0 Å². The van der Waals surface area contributed by atoms with E-state index in [-0.39, 0.29) is 6.54 Å². The fraction of sp³-hybridized carbons (Fsp3) is 0.333. The van der Waals surface area contributed by atoms with Crippen LogP contribution in [0.4, 0.5) is 5.69 Å². The number of methoxy groups -OCH3 is 2. The maximum atomic E-state index is 9.04. The number of aromatic nitrogens is 2. The van der Waals surface area contributed by atoms with Crippen LogP contribution in [-0.2, 0) is 13.6 Å². The highest BCUT2D eigenvalue weighted by molar-refractivity contribution is 5.48. The minimum absolute atomic E-state index is 0.270. The molecule has 0 bridgehead atoms. The first-order chi connectivity index (χ1) is 10.2. The first-order valence-corrected chi connectivity index (χ1v) is 6.49. The van der Waals surface area contributed by atoms with Gasteiger partial charge >= 0.3 is 0 Å². The molecule has 0 amide bonds. The summed E-state index contributed by atoms with van der Waals surface area (Å²) in [5, 5.41) is 13.2. The fourth-order valence-corrected chi connectivity index (χ4v) is 2.11. The highest BCUT2D eigenvalue weighted by Crippen LogP contribution is 2.27. The molecule has 2 aromatic rings. The van der Waals surface area contributed by atoms with E-state index in [4.69, 9.17) is 14.7 Å². The Bertz CT molecular complexity index is 645. The first-order valence-electron chi connectivity index (χ1n) is 6.49. The standard InChI is InChI=1S/C15H18N4O2/c1-18-11-13(9-17-18)19(7-6-16)10-12-8-14(20-2)4-5-15(12)21-3/h4-5,8-9,11H,7,10H2,1-3H3. The number of nitrogens with zero attached hydrogens (tertiary/aromatic N) is 4. The Labute approximate surface area is 124 Å². The Balaban J connectivity index is 2.30. The number of anilines is 1. The highest BCUT2D eigenvalue weighted by Gasteiger charge is 2.13. The third-order valence-electron chi connectivity index (χ3n) is 3.17. The quantitative estimate of drug-likeness (QED) is 0.760. The minimum atomic E-state index is 0.270. The number of benzene rings is 1. The number of hydrogen-bond donors (Lipinski definition) is 0. The van der Waals surface area contributed by atoms with Crippen LogP contribution in [-0.4, -0.2) is 30.5 Å². The number of ether oxygens (including phenoxy) is 2. The van der Waals surface area contributed by atoms with Gasteiger partial charge < -0.3 is 14.4 Å². The van der Waals surface area contributed by atoms with Crippen molar-refractivity contribution in [2.75, 3.05) is 25.7 Å². The van der Waals surface area contributed by atoms with Crippen LogP contribution in [0.2, 0.25) is 0 Å². The van der Waals surface area contributed by atoms with Gasteiger partial charge in [-0.05, 0) is 18.2 Å². The molecule has 0 N–H and O–H groups in total. The molecule has 0 radical (unpaired) electrons. The number of aryl methyl sites for hydroxylation is 1. The molecule has 0 aliphatic heterocycles. The van der Waals surface area contributed by atoms with E-state index >= 15 is 0 Å². The molecule has 6 nitrogen and oxygen atoms in total. The average molecular weight is 286 g/mol. The van der Waals surface area contributed by atoms with Crippen LogP contribution < -0.4 is 14.4 Å². The zero-order valence-electron chi connectivity index (χ0n) is 12.4. The molecular formula is C15H18N4O2. The van der Waals surface area contributed by atoms with Gasteiger partial charge in [-0.25, -0.2) is 0 Å². The smallest absolute Gasteiger partial charge is 0.124 e. The van der Waals surface area contributed by atoms with Crippen LogP contribution in [0.3, 0.4) is 0 Å². The van der Waals surface area contributed by atoms with Crippen LogP contribution in [0, 0.1) is 11.3 Å². The van der Waals surface area contributed by atoms with Crippen LogP contribution in [0.25, 0.3) is 0 Å². The van der Waals surface area contributed by atoms with Gasteiger partial charge in [0.1, 0.15) is 18.0 Å². The molecule has 0 unspecified atom stereocenters. The van der Waals surface area contributed by atoms with E-state index < -0.39 is 0 Å². The number of hydrogen-bond acceptors (Lipinski definition) is 5. The fourth-order valence-electron chi connectivity index (χ4n) is 2.11. The largest absolute Gasteiger partial charge is 0.497 e. The van der Waals surface area contributed by atoms with E-state index in [1.807, 2.05) is 36.3 Å². The van der Waals surface area contributed by atoms with Crippen molar-refractivity contribution in [1.82, 2.24) is 9.78 Å². The summed E-state index contributed by atoms with van der Waals surface area (Å²) in [5.41, 5.74) is 1.85. The Morgan fingerprint density at radius 1 is 1.33 bits per heavy atom. The summed E-state index contributed by atoms with van der Waals surface area (Å²) in [6, 6.07) is 7.81. The van der Waals surface area contributed by atoms with Gasteiger partial charge in [-0.1, -0.05) is 0 Å². The van der Waals surface area contributed by atoms with E-state index in [9.17, 15) is 0 Å². The molecule has 2 rings (SSSR count). The van der Waals surface area contributed by atoms with E-state index in [0.717, 1.165) is 22.7 Å². The van der Waals surface area contributed by atoms with E-state index in [0.29, 0.717) is 6.54 Å². The lowest BCUT2D eigenvalue weighted by molar-refractivity contribution is 0.398. The van der Waals surface area contributed by atoms with Crippen molar-refractivity contribution < 1.29 is 9.47 Å². The molecule has 0 saturated carbocycles. The molecule has 1 aromatic carbocycles. The molecule has 1 aromatic heterocycles. The molecule has 110 valence electrons. The molecule has 0 atom stereocenters. The lowest BCUT2D eigenvalue weighted by atomic mass is 10.1. The molecule has 0 aliphatic rings. The van der Waals surface area contributed by atoms with E-state index in [1.54, 1.807) is 25.1 Å². The van der Waals surface area contributed by atoms with E-state index in [2.05, 4.69) is 11.2 Å². The second kappa shape index (κ2) is 6.66. The molecular weight excluding hydrogens is 268 g/mol. The summed E-state index contributed by atoms with van der Waals surface area (Å²) in [7, 11) is 5.10. The van der Waals surface area contributed by atoms with Crippen LogP contribution in [0.5, 0.6) is 11.5 Å². The average Bonchev–Trinajstić information content (AvgIpc) is 2.93. The normalized spacial score (nSPS) is 10.0. The summed E-state index contributed by atoms with van der Waals surface area (Å²) in [6.07, 6.45) is 3.62. The van der Waals surface area contributed by atoms with Gasteiger partial charge in [0.05, 0.1) is 32.2 Å². The lowest BCUT2D eigenvalue weighted by Gasteiger charge is -2.21. The second-order valence-electron chi connectivity index (χ2n) is 4.56. The lowest BCUT2D eigenvalue weighted by Crippen LogP contribution is -2.22. The van der Waals surface area contributed by atoms with Crippen molar-refractivity contribution in [2.45, 2.75) is 6.54 Å². The summed E-state index contributed by atoms with van der Waals surface area (Å²) in [6.45, 7) is 0.811. The van der Waals surface area contributed by atoms with Crippen LogP contribution >= 0.6 is 0 Å². The summed E-state index contributed by atoms with van der Waals surface area (Å²) < 4.78 is 12.3. The molecule has 21 heavy (non-hydrogen) atoms. The van der Waals surface area contributed by atoms with Gasteiger partial charge in [0, 0.05) is 25.4 Å². The maximum absolute atomic E-state index is 9.04. The van der Waals surface area contributed by atoms with Crippen molar-refractivity contribution in [3.05, 3.63) is 36.2 Å². The Morgan fingerprint density at radius 3 is 2.71 bits per heavy atom. The van der Waals surface area contributed by atoms with Crippen LogP contribution in [0.1, 0.15) is 5.56 Å².